The zero-order valence-electron chi connectivity index (χ0n) is 10.9. The van der Waals surface area contributed by atoms with E-state index in [0.29, 0.717) is 17.4 Å². The zero-order valence-corrected chi connectivity index (χ0v) is 11.7. The summed E-state index contributed by atoms with van der Waals surface area (Å²) in [6.45, 7) is 2.07. The van der Waals surface area contributed by atoms with Crippen LogP contribution in [0, 0.1) is 5.41 Å². The summed E-state index contributed by atoms with van der Waals surface area (Å²) in [5, 5.41) is 6.65. The maximum atomic E-state index is 12.5. The van der Waals surface area contributed by atoms with E-state index >= 15 is 0 Å². The van der Waals surface area contributed by atoms with Gasteiger partial charge in [0.05, 0.1) is 17.0 Å². The molecular weight excluding hydrogens is 266 g/mol. The average Bonchev–Trinajstić information content (AvgIpc) is 2.43. The normalized spacial score (nSPS) is 18.0. The van der Waals surface area contributed by atoms with Gasteiger partial charge in [0.15, 0.2) is 0 Å². The van der Waals surface area contributed by atoms with Crippen LogP contribution in [-0.4, -0.2) is 37.7 Å². The number of piperidine rings is 1. The number of carbonyl (C=O) groups excluding carboxylic acids is 1. The summed E-state index contributed by atoms with van der Waals surface area (Å²) in [4.78, 5) is 16.6. The first-order valence-corrected chi connectivity index (χ1v) is 6.67. The number of halogens is 1. The average molecular weight is 284 g/mol. The fourth-order valence-corrected chi connectivity index (χ4v) is 2.43. The van der Waals surface area contributed by atoms with Crippen LogP contribution in [0.5, 0.6) is 0 Å². The highest BCUT2D eigenvalue weighted by atomic mass is 35.5. The molecule has 1 aliphatic rings. The lowest BCUT2D eigenvalue weighted by molar-refractivity contribution is -0.130. The third-order valence-electron chi connectivity index (χ3n) is 3.43. The number of aromatic nitrogens is 1. The van der Waals surface area contributed by atoms with E-state index < -0.39 is 5.41 Å². The van der Waals surface area contributed by atoms with Gasteiger partial charge in [-0.25, -0.2) is 4.98 Å². The first-order chi connectivity index (χ1) is 9.16. The molecule has 0 spiro atoms. The number of ether oxygens (including phenoxy) is 1. The smallest absolute Gasteiger partial charge is 0.234 e. The molecule has 1 saturated heterocycles. The Hall–Kier alpha value is -1.17. The molecule has 0 saturated carbocycles. The minimum atomic E-state index is -0.471. The van der Waals surface area contributed by atoms with Gasteiger partial charge in [0.2, 0.25) is 5.91 Å². The van der Waals surface area contributed by atoms with Gasteiger partial charge in [-0.1, -0.05) is 11.6 Å². The third-order valence-corrected chi connectivity index (χ3v) is 3.66. The Morgan fingerprint density at radius 3 is 2.84 bits per heavy atom. The van der Waals surface area contributed by atoms with Gasteiger partial charge in [0, 0.05) is 13.3 Å². The first-order valence-electron chi connectivity index (χ1n) is 6.29. The van der Waals surface area contributed by atoms with Gasteiger partial charge in [-0.3, -0.25) is 4.79 Å². The van der Waals surface area contributed by atoms with Crippen LogP contribution in [-0.2, 0) is 9.53 Å². The maximum absolute atomic E-state index is 12.5. The highest BCUT2D eigenvalue weighted by molar-refractivity contribution is 6.30. The van der Waals surface area contributed by atoms with Crippen LogP contribution in [0.25, 0.3) is 0 Å². The molecule has 2 heterocycles. The second kappa shape index (κ2) is 6.32. The summed E-state index contributed by atoms with van der Waals surface area (Å²) in [7, 11) is 1.62. The fourth-order valence-electron chi connectivity index (χ4n) is 2.32. The van der Waals surface area contributed by atoms with E-state index in [1.165, 1.54) is 6.20 Å². The SMILES string of the molecule is COCC1(C(=O)Nc2ccc(Cl)cn2)CCNCC1. The van der Waals surface area contributed by atoms with E-state index in [9.17, 15) is 4.79 Å². The van der Waals surface area contributed by atoms with Gasteiger partial charge in [-0.2, -0.15) is 0 Å². The van der Waals surface area contributed by atoms with Crippen molar-refractivity contribution < 1.29 is 9.53 Å². The molecular formula is C13H18ClN3O2. The summed E-state index contributed by atoms with van der Waals surface area (Å²) in [5.74, 6) is 0.481. The predicted molar refractivity (Wildman–Crippen MR) is 74.3 cm³/mol. The molecule has 0 radical (unpaired) electrons. The lowest BCUT2D eigenvalue weighted by Gasteiger charge is -2.35. The van der Waals surface area contributed by atoms with Gasteiger partial charge in [0.1, 0.15) is 5.82 Å². The molecule has 2 rings (SSSR count). The van der Waals surface area contributed by atoms with Gasteiger partial charge in [-0.15, -0.1) is 0 Å². The Morgan fingerprint density at radius 1 is 1.53 bits per heavy atom. The van der Waals surface area contributed by atoms with Gasteiger partial charge >= 0.3 is 0 Å². The van der Waals surface area contributed by atoms with Crippen LogP contribution in [0.15, 0.2) is 18.3 Å². The van der Waals surface area contributed by atoms with Crippen LogP contribution in [0.2, 0.25) is 5.02 Å². The molecule has 104 valence electrons. The minimum Gasteiger partial charge on any atom is -0.384 e. The molecule has 0 aromatic carbocycles. The van der Waals surface area contributed by atoms with E-state index in [0.717, 1.165) is 25.9 Å². The van der Waals surface area contributed by atoms with Gasteiger partial charge in [0.25, 0.3) is 0 Å². The number of hydrogen-bond donors (Lipinski definition) is 2. The fraction of sp³-hybridized carbons (Fsp3) is 0.538. The Labute approximate surface area is 117 Å². The summed E-state index contributed by atoms with van der Waals surface area (Å²) < 4.78 is 5.23. The standard InChI is InChI=1S/C13H18ClN3O2/c1-19-9-13(4-6-15-7-5-13)12(18)17-11-3-2-10(14)8-16-11/h2-3,8,15H,4-7,9H2,1H3,(H,16,17,18). The molecule has 5 nitrogen and oxygen atoms in total. The lowest BCUT2D eigenvalue weighted by Crippen LogP contribution is -2.47. The number of nitrogens with zero attached hydrogens (tertiary/aromatic N) is 1. The predicted octanol–water partition coefficient (Wildman–Crippen LogP) is 1.69. The Bertz CT molecular complexity index is 425. The summed E-state index contributed by atoms with van der Waals surface area (Å²) in [6.07, 6.45) is 3.04. The quantitative estimate of drug-likeness (QED) is 0.883. The van der Waals surface area contributed by atoms with Crippen LogP contribution < -0.4 is 10.6 Å². The number of anilines is 1. The molecule has 19 heavy (non-hydrogen) atoms. The van der Waals surface area contributed by atoms with E-state index in [2.05, 4.69) is 15.6 Å². The van der Waals surface area contributed by atoms with Crippen molar-refractivity contribution in [3.8, 4) is 0 Å². The van der Waals surface area contributed by atoms with Crippen LogP contribution in [0.3, 0.4) is 0 Å². The number of methoxy groups -OCH3 is 1. The molecule has 0 bridgehead atoms. The number of amides is 1. The first kappa shape index (κ1) is 14.2. The molecule has 0 atom stereocenters. The highest BCUT2D eigenvalue weighted by Gasteiger charge is 2.39. The Morgan fingerprint density at radius 2 is 2.26 bits per heavy atom. The van der Waals surface area contributed by atoms with Crippen LogP contribution in [0.4, 0.5) is 5.82 Å². The van der Waals surface area contributed by atoms with E-state index in [1.807, 2.05) is 0 Å². The van der Waals surface area contributed by atoms with Crippen molar-refractivity contribution in [2.24, 2.45) is 5.41 Å². The lowest BCUT2D eigenvalue weighted by atomic mass is 9.78. The summed E-state index contributed by atoms with van der Waals surface area (Å²) in [6, 6.07) is 3.40. The number of hydrogen-bond acceptors (Lipinski definition) is 4. The number of carbonyl (C=O) groups is 1. The van der Waals surface area contributed by atoms with Crippen molar-refractivity contribution >= 4 is 23.3 Å². The Kier molecular flexibility index (Phi) is 4.74. The number of rotatable bonds is 4. The molecule has 2 N–H and O–H groups in total. The molecule has 1 aromatic rings. The van der Waals surface area contributed by atoms with Crippen molar-refractivity contribution in [2.75, 3.05) is 32.1 Å². The van der Waals surface area contributed by atoms with E-state index in [4.69, 9.17) is 16.3 Å². The molecule has 1 aliphatic heterocycles. The largest absolute Gasteiger partial charge is 0.384 e. The topological polar surface area (TPSA) is 63.2 Å². The second-order valence-electron chi connectivity index (χ2n) is 4.78. The molecule has 1 amide bonds. The van der Waals surface area contributed by atoms with Crippen molar-refractivity contribution in [2.45, 2.75) is 12.8 Å². The number of nitrogens with one attached hydrogen (secondary N) is 2. The van der Waals surface area contributed by atoms with Crippen LogP contribution >= 0.6 is 11.6 Å². The van der Waals surface area contributed by atoms with E-state index in [1.54, 1.807) is 19.2 Å². The monoisotopic (exact) mass is 283 g/mol. The summed E-state index contributed by atoms with van der Waals surface area (Å²) >= 11 is 5.77. The molecule has 0 unspecified atom stereocenters. The number of pyridine rings is 1. The Balaban J connectivity index is 2.09. The van der Waals surface area contributed by atoms with Crippen molar-refractivity contribution in [1.82, 2.24) is 10.3 Å². The van der Waals surface area contributed by atoms with Crippen molar-refractivity contribution in [1.29, 1.82) is 0 Å². The molecule has 1 aromatic heterocycles. The second-order valence-corrected chi connectivity index (χ2v) is 5.22. The van der Waals surface area contributed by atoms with Gasteiger partial charge in [-0.05, 0) is 38.1 Å². The molecule has 6 heteroatoms. The summed E-state index contributed by atoms with van der Waals surface area (Å²) in [5.41, 5.74) is -0.471. The molecule has 0 aliphatic carbocycles. The zero-order chi connectivity index (χ0) is 13.7. The molecule has 1 fully saturated rings. The highest BCUT2D eigenvalue weighted by Crippen LogP contribution is 2.30. The van der Waals surface area contributed by atoms with Crippen molar-refractivity contribution in [3.05, 3.63) is 23.4 Å². The third kappa shape index (κ3) is 3.43. The van der Waals surface area contributed by atoms with Crippen molar-refractivity contribution in [3.63, 3.8) is 0 Å². The van der Waals surface area contributed by atoms with Gasteiger partial charge < -0.3 is 15.4 Å². The maximum Gasteiger partial charge on any atom is 0.234 e. The van der Waals surface area contributed by atoms with E-state index in [-0.39, 0.29) is 5.91 Å². The minimum absolute atomic E-state index is 0.0364. The van der Waals surface area contributed by atoms with Crippen LogP contribution in [0.1, 0.15) is 12.8 Å².